The molecule has 1 atom stereocenters. The average Bonchev–Trinajstić information content (AvgIpc) is 2.28. The Morgan fingerprint density at radius 1 is 1.59 bits per heavy atom. The van der Waals surface area contributed by atoms with Gasteiger partial charge in [-0.05, 0) is 24.6 Å². The summed E-state index contributed by atoms with van der Waals surface area (Å²) in [6, 6.07) is 7.20. The van der Waals surface area contributed by atoms with E-state index in [2.05, 4.69) is 10.8 Å². The van der Waals surface area contributed by atoms with Gasteiger partial charge >= 0.3 is 5.97 Å². The van der Waals surface area contributed by atoms with E-state index in [-0.39, 0.29) is 0 Å². The van der Waals surface area contributed by atoms with Gasteiger partial charge in [0.1, 0.15) is 0 Å². The number of hydrogen-bond donors (Lipinski definition) is 2. The third kappa shape index (κ3) is 3.18. The molecule has 0 radical (unpaired) electrons. The molecular formula is C12H16N2O3. The first kappa shape index (κ1) is 11.9. The molecule has 92 valence electrons. The van der Waals surface area contributed by atoms with Gasteiger partial charge in [0.05, 0.1) is 11.7 Å². The van der Waals surface area contributed by atoms with Gasteiger partial charge in [-0.1, -0.05) is 6.07 Å². The Kier molecular flexibility index (Phi) is 3.95. The highest BCUT2D eigenvalue weighted by Crippen LogP contribution is 2.15. The average molecular weight is 236 g/mol. The Morgan fingerprint density at radius 3 is 3.06 bits per heavy atom. The number of anilines is 1. The van der Waals surface area contributed by atoms with E-state index in [1.807, 2.05) is 12.1 Å². The lowest BCUT2D eigenvalue weighted by molar-refractivity contribution is -0.0410. The minimum atomic E-state index is -0.393. The van der Waals surface area contributed by atoms with Crippen molar-refractivity contribution in [3.8, 4) is 0 Å². The predicted octanol–water partition coefficient (Wildman–Crippen LogP) is 1.18. The van der Waals surface area contributed by atoms with Crippen molar-refractivity contribution in [2.75, 3.05) is 25.5 Å². The van der Waals surface area contributed by atoms with Crippen LogP contribution in [0.3, 0.4) is 0 Å². The van der Waals surface area contributed by atoms with Crippen LogP contribution in [0.2, 0.25) is 0 Å². The number of nitrogens with one attached hydrogen (secondary N) is 2. The van der Waals surface area contributed by atoms with Crippen LogP contribution in [0.1, 0.15) is 16.8 Å². The molecule has 0 aliphatic carbocycles. The van der Waals surface area contributed by atoms with Gasteiger partial charge in [0, 0.05) is 25.9 Å². The molecule has 1 saturated heterocycles. The summed E-state index contributed by atoms with van der Waals surface area (Å²) in [5.41, 5.74) is 3.77. The van der Waals surface area contributed by atoms with Crippen LogP contribution in [0.15, 0.2) is 24.3 Å². The molecule has 1 heterocycles. The summed E-state index contributed by atoms with van der Waals surface area (Å²) >= 11 is 0. The number of carbonyl (C=O) groups excluding carboxylic acids is 1. The second-order valence-electron chi connectivity index (χ2n) is 3.84. The van der Waals surface area contributed by atoms with Crippen molar-refractivity contribution in [1.82, 2.24) is 5.48 Å². The first-order valence-corrected chi connectivity index (χ1v) is 5.63. The number of ether oxygens (including phenoxy) is 1. The SMILES string of the molecule is CNOC(=O)c1cccc(NC[C@@H]2CCO2)c1. The normalized spacial score (nSPS) is 18.3. The fraction of sp³-hybridized carbons (Fsp3) is 0.417. The Bertz CT molecular complexity index is 391. The molecule has 0 bridgehead atoms. The number of benzene rings is 1. The number of hydroxylamine groups is 1. The first-order valence-electron chi connectivity index (χ1n) is 5.63. The van der Waals surface area contributed by atoms with E-state index in [1.165, 1.54) is 0 Å². The van der Waals surface area contributed by atoms with Crippen molar-refractivity contribution in [3.63, 3.8) is 0 Å². The van der Waals surface area contributed by atoms with Gasteiger partial charge in [-0.3, -0.25) is 0 Å². The quantitative estimate of drug-likeness (QED) is 0.752. The van der Waals surface area contributed by atoms with Gasteiger partial charge in [-0.2, -0.15) is 5.48 Å². The molecule has 0 amide bonds. The Balaban J connectivity index is 1.92. The third-order valence-corrected chi connectivity index (χ3v) is 2.62. The second-order valence-corrected chi connectivity index (χ2v) is 3.84. The van der Waals surface area contributed by atoms with Crippen LogP contribution in [-0.2, 0) is 9.57 Å². The van der Waals surface area contributed by atoms with E-state index in [0.29, 0.717) is 11.7 Å². The van der Waals surface area contributed by atoms with Gasteiger partial charge in [-0.25, -0.2) is 4.79 Å². The molecule has 0 unspecified atom stereocenters. The van der Waals surface area contributed by atoms with Crippen molar-refractivity contribution < 1.29 is 14.4 Å². The van der Waals surface area contributed by atoms with Crippen molar-refractivity contribution in [1.29, 1.82) is 0 Å². The summed E-state index contributed by atoms with van der Waals surface area (Å²) < 4.78 is 5.30. The molecule has 1 fully saturated rings. The predicted molar refractivity (Wildman–Crippen MR) is 63.8 cm³/mol. The van der Waals surface area contributed by atoms with Crippen molar-refractivity contribution in [2.24, 2.45) is 0 Å². The summed E-state index contributed by atoms with van der Waals surface area (Å²) in [7, 11) is 1.55. The highest BCUT2D eigenvalue weighted by atomic mass is 16.7. The second kappa shape index (κ2) is 5.65. The monoisotopic (exact) mass is 236 g/mol. The molecule has 1 aliphatic rings. The van der Waals surface area contributed by atoms with Crippen LogP contribution < -0.4 is 10.8 Å². The van der Waals surface area contributed by atoms with Crippen molar-refractivity contribution in [3.05, 3.63) is 29.8 Å². The minimum Gasteiger partial charge on any atom is -0.382 e. The van der Waals surface area contributed by atoms with Gasteiger partial charge in [0.2, 0.25) is 0 Å². The number of hydrogen-bond acceptors (Lipinski definition) is 5. The maximum atomic E-state index is 11.5. The van der Waals surface area contributed by atoms with Crippen LogP contribution in [0.25, 0.3) is 0 Å². The molecule has 0 aromatic heterocycles. The van der Waals surface area contributed by atoms with Crippen molar-refractivity contribution in [2.45, 2.75) is 12.5 Å². The molecule has 1 aliphatic heterocycles. The highest BCUT2D eigenvalue weighted by Gasteiger charge is 2.17. The van der Waals surface area contributed by atoms with E-state index in [0.717, 1.165) is 25.3 Å². The van der Waals surface area contributed by atoms with Gasteiger partial charge in [0.15, 0.2) is 0 Å². The number of rotatable bonds is 5. The van der Waals surface area contributed by atoms with Crippen LogP contribution in [0.5, 0.6) is 0 Å². The van der Waals surface area contributed by atoms with E-state index >= 15 is 0 Å². The van der Waals surface area contributed by atoms with Crippen LogP contribution in [-0.4, -0.2) is 32.3 Å². The lowest BCUT2D eigenvalue weighted by Crippen LogP contribution is -2.33. The topological polar surface area (TPSA) is 59.6 Å². The Hall–Kier alpha value is -1.59. The van der Waals surface area contributed by atoms with Gasteiger partial charge < -0.3 is 14.9 Å². The minimum absolute atomic E-state index is 0.294. The summed E-state index contributed by atoms with van der Waals surface area (Å²) in [6.07, 6.45) is 1.39. The molecule has 5 nitrogen and oxygen atoms in total. The molecule has 0 spiro atoms. The zero-order valence-corrected chi connectivity index (χ0v) is 9.73. The Labute approximate surface area is 100 Å². The molecule has 2 N–H and O–H groups in total. The van der Waals surface area contributed by atoms with E-state index in [9.17, 15) is 4.79 Å². The van der Waals surface area contributed by atoms with E-state index < -0.39 is 5.97 Å². The standard InChI is InChI=1S/C12H16N2O3/c1-13-17-12(15)9-3-2-4-10(7-9)14-8-11-5-6-16-11/h2-4,7,11,13-14H,5-6,8H2,1H3/t11-/m0/s1. The lowest BCUT2D eigenvalue weighted by atomic mass is 10.1. The number of carbonyl (C=O) groups is 1. The third-order valence-electron chi connectivity index (χ3n) is 2.62. The molecule has 2 rings (SSSR count). The fourth-order valence-electron chi connectivity index (χ4n) is 1.58. The first-order chi connectivity index (χ1) is 8.29. The molecule has 17 heavy (non-hydrogen) atoms. The van der Waals surface area contributed by atoms with Crippen molar-refractivity contribution >= 4 is 11.7 Å². The van der Waals surface area contributed by atoms with E-state index in [4.69, 9.17) is 9.57 Å². The van der Waals surface area contributed by atoms with Crippen LogP contribution >= 0.6 is 0 Å². The summed E-state index contributed by atoms with van der Waals surface area (Å²) in [4.78, 5) is 16.2. The van der Waals surface area contributed by atoms with Crippen LogP contribution in [0, 0.1) is 0 Å². The summed E-state index contributed by atoms with van der Waals surface area (Å²) in [6.45, 7) is 1.62. The molecule has 5 heteroatoms. The largest absolute Gasteiger partial charge is 0.382 e. The fourth-order valence-corrected chi connectivity index (χ4v) is 1.58. The smallest absolute Gasteiger partial charge is 0.356 e. The maximum absolute atomic E-state index is 11.5. The molecule has 1 aromatic rings. The lowest BCUT2D eigenvalue weighted by Gasteiger charge is -2.26. The zero-order chi connectivity index (χ0) is 12.1. The highest BCUT2D eigenvalue weighted by molar-refractivity contribution is 5.90. The Morgan fingerprint density at radius 2 is 2.41 bits per heavy atom. The summed E-state index contributed by atoms with van der Waals surface area (Å²) in [5, 5.41) is 3.23. The molecule has 1 aromatic carbocycles. The maximum Gasteiger partial charge on any atom is 0.356 e. The summed E-state index contributed by atoms with van der Waals surface area (Å²) in [5.74, 6) is -0.393. The zero-order valence-electron chi connectivity index (χ0n) is 9.73. The molecule has 0 saturated carbocycles. The van der Waals surface area contributed by atoms with Crippen LogP contribution in [0.4, 0.5) is 5.69 Å². The molecular weight excluding hydrogens is 220 g/mol. The van der Waals surface area contributed by atoms with E-state index in [1.54, 1.807) is 19.2 Å². The van der Waals surface area contributed by atoms with Gasteiger partial charge in [-0.15, -0.1) is 0 Å². The van der Waals surface area contributed by atoms with Gasteiger partial charge in [0.25, 0.3) is 0 Å².